The Morgan fingerprint density at radius 3 is 2.35 bits per heavy atom. The fourth-order valence-electron chi connectivity index (χ4n) is 4.58. The third-order valence-corrected chi connectivity index (χ3v) is 6.89. The highest BCUT2D eigenvalue weighted by molar-refractivity contribution is 5.75. The zero-order valence-corrected chi connectivity index (χ0v) is 22.3. The zero-order chi connectivity index (χ0) is 28.1. The van der Waals surface area contributed by atoms with Gasteiger partial charge < -0.3 is 24.4 Å². The predicted octanol–water partition coefficient (Wildman–Crippen LogP) is 4.73. The van der Waals surface area contributed by atoms with Crippen molar-refractivity contribution in [3.05, 3.63) is 89.2 Å². The number of piperazine rings is 1. The Morgan fingerprint density at radius 1 is 1.02 bits per heavy atom. The number of nitrogens with one attached hydrogen (secondary N) is 1. The van der Waals surface area contributed by atoms with Gasteiger partial charge in [0.1, 0.15) is 5.82 Å². The maximum absolute atomic E-state index is 15.1. The number of benzene rings is 3. The zero-order valence-electron chi connectivity index (χ0n) is 22.3. The number of amides is 2. The summed E-state index contributed by atoms with van der Waals surface area (Å²) in [6.07, 6.45) is -0.866. The largest absolute Gasteiger partial charge is 0.443 e. The lowest BCUT2D eigenvalue weighted by atomic mass is 10.1. The van der Waals surface area contributed by atoms with Crippen LogP contribution in [0, 0.1) is 19.7 Å². The van der Waals surface area contributed by atoms with Gasteiger partial charge in [0.25, 0.3) is 12.4 Å². The first-order valence-corrected chi connectivity index (χ1v) is 13.1. The molecule has 1 atom stereocenters. The van der Waals surface area contributed by atoms with Crippen LogP contribution in [-0.4, -0.2) is 60.0 Å². The molecule has 0 radical (unpaired) electrons. The Kier molecular flexibility index (Phi) is 8.04. The number of anilines is 1. The smallest absolute Gasteiger partial charge is 0.320 e. The van der Waals surface area contributed by atoms with Crippen LogP contribution in [0.25, 0.3) is 22.8 Å². The third kappa shape index (κ3) is 6.28. The van der Waals surface area contributed by atoms with Crippen LogP contribution in [-0.2, 0) is 16.0 Å². The number of hydrogen-bond acceptors (Lipinski definition) is 7. The molecule has 5 rings (SSSR count). The second kappa shape index (κ2) is 12.0. The molecule has 1 aliphatic rings. The average molecular weight is 544 g/mol. The monoisotopic (exact) mass is 543 g/mol. The summed E-state index contributed by atoms with van der Waals surface area (Å²) in [6.45, 7) is 6.70. The van der Waals surface area contributed by atoms with Crippen molar-refractivity contribution in [3.8, 4) is 22.8 Å². The van der Waals surface area contributed by atoms with Crippen LogP contribution in [0.15, 0.2) is 71.3 Å². The molecule has 1 saturated heterocycles. The summed E-state index contributed by atoms with van der Waals surface area (Å²) in [7, 11) is 0. The number of ether oxygens (including phenoxy) is 1. The van der Waals surface area contributed by atoms with Gasteiger partial charge in [-0.2, -0.15) is 4.98 Å². The van der Waals surface area contributed by atoms with Gasteiger partial charge in [-0.15, -0.1) is 0 Å². The second-order valence-electron chi connectivity index (χ2n) is 9.79. The minimum absolute atomic E-state index is 0.0892. The fraction of sp³-hybridized carbons (Fsp3) is 0.267. The van der Waals surface area contributed by atoms with Gasteiger partial charge in [-0.25, -0.2) is 9.18 Å². The molecule has 3 aromatic carbocycles. The second-order valence-corrected chi connectivity index (χ2v) is 9.79. The molecule has 9 nitrogen and oxygen atoms in total. The quantitative estimate of drug-likeness (QED) is 0.253. The van der Waals surface area contributed by atoms with Crippen LogP contribution < -0.4 is 10.2 Å². The number of aryl methyl sites for hydroxylation is 2. The average Bonchev–Trinajstić information content (AvgIpc) is 3.44. The molecule has 0 aliphatic carbocycles. The van der Waals surface area contributed by atoms with Crippen LogP contribution in [0.4, 0.5) is 14.9 Å². The van der Waals surface area contributed by atoms with Crippen molar-refractivity contribution in [3.63, 3.8) is 0 Å². The van der Waals surface area contributed by atoms with Crippen molar-refractivity contribution in [2.24, 2.45) is 0 Å². The van der Waals surface area contributed by atoms with E-state index in [1.165, 1.54) is 11.6 Å². The lowest BCUT2D eigenvalue weighted by molar-refractivity contribution is -0.134. The first-order valence-electron chi connectivity index (χ1n) is 13.1. The summed E-state index contributed by atoms with van der Waals surface area (Å²) >= 11 is 0. The number of halogens is 1. The third-order valence-electron chi connectivity index (χ3n) is 6.89. The topological polar surface area (TPSA) is 101 Å². The van der Waals surface area contributed by atoms with Crippen LogP contribution in [0.2, 0.25) is 0 Å². The van der Waals surface area contributed by atoms with Crippen molar-refractivity contribution >= 4 is 18.2 Å². The molecule has 0 bridgehead atoms. The molecule has 4 aromatic rings. The molecule has 1 aromatic heterocycles. The summed E-state index contributed by atoms with van der Waals surface area (Å²) in [6, 6.07) is 20.0. The highest BCUT2D eigenvalue weighted by Crippen LogP contribution is 2.25. The van der Waals surface area contributed by atoms with E-state index in [2.05, 4.69) is 44.6 Å². The van der Waals surface area contributed by atoms with E-state index in [9.17, 15) is 9.59 Å². The summed E-state index contributed by atoms with van der Waals surface area (Å²) in [5, 5.41) is 6.66. The van der Waals surface area contributed by atoms with E-state index in [1.54, 1.807) is 17.0 Å². The van der Waals surface area contributed by atoms with E-state index in [0.717, 1.165) is 16.8 Å². The van der Waals surface area contributed by atoms with E-state index >= 15 is 4.39 Å². The van der Waals surface area contributed by atoms with Crippen molar-refractivity contribution in [2.75, 3.05) is 31.1 Å². The van der Waals surface area contributed by atoms with E-state index in [-0.39, 0.29) is 30.3 Å². The number of rotatable bonds is 8. The predicted molar refractivity (Wildman–Crippen MR) is 148 cm³/mol. The summed E-state index contributed by atoms with van der Waals surface area (Å²) < 4.78 is 25.5. The van der Waals surface area contributed by atoms with Crippen LogP contribution in [0.1, 0.15) is 16.7 Å². The molecule has 206 valence electrons. The van der Waals surface area contributed by atoms with Crippen LogP contribution in [0.3, 0.4) is 0 Å². The highest BCUT2D eigenvalue weighted by atomic mass is 19.1. The summed E-state index contributed by atoms with van der Waals surface area (Å²) in [5.74, 6) is -0.143. The summed E-state index contributed by atoms with van der Waals surface area (Å²) in [4.78, 5) is 32.3. The molecule has 40 heavy (non-hydrogen) atoms. The summed E-state index contributed by atoms with van der Waals surface area (Å²) in [5.41, 5.74) is 4.85. The maximum atomic E-state index is 15.1. The first kappa shape index (κ1) is 26.9. The molecule has 10 heteroatoms. The van der Waals surface area contributed by atoms with Crippen LogP contribution >= 0.6 is 0 Å². The molecule has 1 fully saturated rings. The van der Waals surface area contributed by atoms with E-state index in [4.69, 9.17) is 9.26 Å². The van der Waals surface area contributed by atoms with Crippen molar-refractivity contribution in [1.29, 1.82) is 0 Å². The molecule has 0 saturated carbocycles. The van der Waals surface area contributed by atoms with E-state index < -0.39 is 12.0 Å². The number of urea groups is 1. The van der Waals surface area contributed by atoms with E-state index in [0.29, 0.717) is 37.6 Å². The van der Waals surface area contributed by atoms with Gasteiger partial charge in [-0.1, -0.05) is 46.6 Å². The Hall–Kier alpha value is -4.73. The maximum Gasteiger partial charge on any atom is 0.320 e. The molecular weight excluding hydrogens is 513 g/mol. The number of hydrogen-bond donors (Lipinski definition) is 1. The van der Waals surface area contributed by atoms with E-state index in [1.807, 2.05) is 38.1 Å². The molecule has 1 aliphatic heterocycles. The number of carbonyl (C=O) groups excluding carboxylic acids is 2. The Morgan fingerprint density at radius 2 is 1.70 bits per heavy atom. The number of carbonyl (C=O) groups is 2. The molecule has 1 unspecified atom stereocenters. The Bertz CT molecular complexity index is 1460. The fourth-order valence-corrected chi connectivity index (χ4v) is 4.58. The Balaban J connectivity index is 1.20. The van der Waals surface area contributed by atoms with Crippen LogP contribution in [0.5, 0.6) is 0 Å². The minimum atomic E-state index is -0.955. The van der Waals surface area contributed by atoms with Crippen molar-refractivity contribution < 1.29 is 23.2 Å². The highest BCUT2D eigenvalue weighted by Gasteiger charge is 2.24. The number of nitrogens with zero attached hydrogens (tertiary/aromatic N) is 4. The lowest BCUT2D eigenvalue weighted by Gasteiger charge is -2.36. The van der Waals surface area contributed by atoms with Crippen molar-refractivity contribution in [2.45, 2.75) is 26.5 Å². The van der Waals surface area contributed by atoms with Gasteiger partial charge in [0.05, 0.1) is 5.56 Å². The van der Waals surface area contributed by atoms with Gasteiger partial charge in [-0.3, -0.25) is 4.79 Å². The lowest BCUT2D eigenvalue weighted by Crippen LogP contribution is -2.54. The van der Waals surface area contributed by atoms with Crippen molar-refractivity contribution in [1.82, 2.24) is 20.4 Å². The molecule has 1 N–H and O–H groups in total. The molecule has 0 spiro atoms. The normalized spacial score (nSPS) is 14.1. The molecule has 2 amide bonds. The SMILES string of the molecule is Cc1ccc(-c2nc(-c3ccc(CC(NC(=O)N4CCN(c5ccc(C)cc5)CC4)OC=O)cc3F)no2)cc1. The molecular formula is C30H30FN5O4. The number of aromatic nitrogens is 2. The van der Waals surface area contributed by atoms with Gasteiger partial charge in [-0.05, 0) is 55.8 Å². The molecule has 2 heterocycles. The first-order chi connectivity index (χ1) is 19.4. The Labute approximate surface area is 231 Å². The van der Waals surface area contributed by atoms with Gasteiger partial charge in [0, 0.05) is 43.9 Å². The van der Waals surface area contributed by atoms with Gasteiger partial charge >= 0.3 is 6.03 Å². The van der Waals surface area contributed by atoms with Gasteiger partial charge in [0.2, 0.25) is 5.82 Å². The minimum Gasteiger partial charge on any atom is -0.443 e. The standard InChI is InChI=1S/C30H30FN5O4/c1-20-3-8-23(9-4-20)29-33-28(34-40-29)25-12-7-22(17-26(25)31)18-27(39-19-37)32-30(38)36-15-13-35(14-16-36)24-10-5-21(2)6-11-24/h3-12,17,19,27H,13-16,18H2,1-2H3,(H,32,38). The van der Waals surface area contributed by atoms with Gasteiger partial charge in [0.15, 0.2) is 6.23 Å².